The van der Waals surface area contributed by atoms with Crippen molar-refractivity contribution < 1.29 is 0 Å². The average molecular weight is 408 g/mol. The van der Waals surface area contributed by atoms with Gasteiger partial charge in [-0.1, -0.05) is 61.4 Å². The smallest absolute Gasteiger partial charge is 0.0459 e. The van der Waals surface area contributed by atoms with Gasteiger partial charge in [0, 0.05) is 26.9 Å². The Labute approximate surface area is 171 Å². The van der Waals surface area contributed by atoms with Crippen LogP contribution < -0.4 is 5.32 Å². The van der Waals surface area contributed by atoms with E-state index in [0.29, 0.717) is 17.0 Å². The summed E-state index contributed by atoms with van der Waals surface area (Å²) in [5.74, 6) is 1.36. The molecule has 1 nitrogen and oxygen atoms in total. The molecule has 1 aromatic heterocycles. The van der Waals surface area contributed by atoms with Crippen molar-refractivity contribution in [1.29, 1.82) is 0 Å². The average Bonchev–Trinajstić information content (AvgIpc) is 3.13. The third-order valence-electron chi connectivity index (χ3n) is 6.17. The fourth-order valence-electron chi connectivity index (χ4n) is 4.75. The first kappa shape index (κ1) is 18.8. The molecular weight excluding hydrogens is 381 g/mol. The van der Waals surface area contributed by atoms with E-state index in [1.807, 2.05) is 23.5 Å². The molecule has 1 saturated carbocycles. The highest BCUT2D eigenvalue weighted by atomic mass is 35.5. The third kappa shape index (κ3) is 4.14. The highest BCUT2D eigenvalue weighted by molar-refractivity contribution is 7.10. The normalized spacial score (nSPS) is 23.8. The second-order valence-corrected chi connectivity index (χ2v) is 9.63. The van der Waals surface area contributed by atoms with Crippen LogP contribution in [0.15, 0.2) is 29.6 Å². The zero-order valence-electron chi connectivity index (χ0n) is 15.1. The number of hydrogen-bond acceptors (Lipinski definition) is 2. The fourth-order valence-corrected chi connectivity index (χ4v) is 6.41. The number of benzene rings is 1. The van der Waals surface area contributed by atoms with Gasteiger partial charge in [-0.2, -0.15) is 0 Å². The number of halogens is 2. The zero-order valence-corrected chi connectivity index (χ0v) is 17.5. The van der Waals surface area contributed by atoms with E-state index in [9.17, 15) is 0 Å². The largest absolute Gasteiger partial charge is 0.310 e. The van der Waals surface area contributed by atoms with Gasteiger partial charge in [0.05, 0.1) is 0 Å². The first-order valence-corrected chi connectivity index (χ1v) is 11.6. The zero-order chi connectivity index (χ0) is 17.9. The Morgan fingerprint density at radius 1 is 0.962 bits per heavy atom. The van der Waals surface area contributed by atoms with Crippen LogP contribution in [-0.2, 0) is 0 Å². The Hall–Kier alpha value is -0.540. The number of thiophene rings is 1. The lowest BCUT2D eigenvalue weighted by atomic mass is 9.81. The lowest BCUT2D eigenvalue weighted by Crippen LogP contribution is -2.28. The molecule has 1 aromatic carbocycles. The molecule has 1 heterocycles. The van der Waals surface area contributed by atoms with Crippen molar-refractivity contribution in [2.75, 3.05) is 6.54 Å². The Kier molecular flexibility index (Phi) is 6.25. The minimum Gasteiger partial charge on any atom is -0.310 e. The van der Waals surface area contributed by atoms with Crippen LogP contribution in [0.2, 0.25) is 10.0 Å². The standard InChI is InChI=1S/C22H27Cl2NS/c23-16-6-7-17(20(24)14-16)18-8-9-21(19-11-13-26-22(18)19)25-12-10-15-4-2-1-3-5-15/h6-7,11,13-15,18,21,25H,1-5,8-10,12H2. The second kappa shape index (κ2) is 8.65. The van der Waals surface area contributed by atoms with Gasteiger partial charge in [0.15, 0.2) is 0 Å². The molecule has 0 radical (unpaired) electrons. The molecule has 0 saturated heterocycles. The first-order valence-electron chi connectivity index (χ1n) is 9.98. The molecule has 140 valence electrons. The molecule has 2 atom stereocenters. The fraction of sp³-hybridized carbons (Fsp3) is 0.545. The van der Waals surface area contributed by atoms with Gasteiger partial charge in [-0.3, -0.25) is 0 Å². The molecule has 1 N–H and O–H groups in total. The molecule has 1 fully saturated rings. The van der Waals surface area contributed by atoms with Crippen molar-refractivity contribution in [2.24, 2.45) is 5.92 Å². The molecule has 4 rings (SSSR count). The van der Waals surface area contributed by atoms with Crippen LogP contribution in [0.3, 0.4) is 0 Å². The number of fused-ring (bicyclic) bond motifs is 1. The van der Waals surface area contributed by atoms with Crippen molar-refractivity contribution >= 4 is 34.5 Å². The van der Waals surface area contributed by atoms with Gasteiger partial charge in [-0.05, 0) is 66.4 Å². The molecule has 0 amide bonds. The maximum Gasteiger partial charge on any atom is 0.0459 e. The van der Waals surface area contributed by atoms with Crippen LogP contribution in [0.25, 0.3) is 0 Å². The Balaban J connectivity index is 1.43. The maximum absolute atomic E-state index is 6.51. The Bertz CT molecular complexity index is 735. The first-order chi connectivity index (χ1) is 12.7. The second-order valence-electron chi connectivity index (χ2n) is 7.84. The van der Waals surface area contributed by atoms with E-state index < -0.39 is 0 Å². The summed E-state index contributed by atoms with van der Waals surface area (Å²) in [5, 5.41) is 7.61. The van der Waals surface area contributed by atoms with E-state index in [1.54, 1.807) is 0 Å². The van der Waals surface area contributed by atoms with Crippen molar-refractivity contribution in [3.8, 4) is 0 Å². The van der Waals surface area contributed by atoms with E-state index in [0.717, 1.165) is 23.9 Å². The molecule has 2 aliphatic rings. The highest BCUT2D eigenvalue weighted by Gasteiger charge is 2.30. The monoisotopic (exact) mass is 407 g/mol. The molecular formula is C22H27Cl2NS. The summed E-state index contributed by atoms with van der Waals surface area (Å²) in [4.78, 5) is 1.48. The molecule has 4 heteroatoms. The van der Waals surface area contributed by atoms with Crippen molar-refractivity contribution in [3.63, 3.8) is 0 Å². The van der Waals surface area contributed by atoms with Crippen LogP contribution in [0.5, 0.6) is 0 Å². The Morgan fingerprint density at radius 2 is 1.81 bits per heavy atom. The van der Waals surface area contributed by atoms with Gasteiger partial charge >= 0.3 is 0 Å². The van der Waals surface area contributed by atoms with Gasteiger partial charge in [-0.25, -0.2) is 0 Å². The van der Waals surface area contributed by atoms with Gasteiger partial charge < -0.3 is 5.32 Å². The van der Waals surface area contributed by atoms with Gasteiger partial charge in [0.2, 0.25) is 0 Å². The number of hydrogen-bond donors (Lipinski definition) is 1. The molecule has 2 aliphatic carbocycles. The summed E-state index contributed by atoms with van der Waals surface area (Å²) < 4.78 is 0. The van der Waals surface area contributed by atoms with Crippen LogP contribution in [0.4, 0.5) is 0 Å². The van der Waals surface area contributed by atoms with Gasteiger partial charge in [-0.15, -0.1) is 11.3 Å². The van der Waals surface area contributed by atoms with Crippen LogP contribution >= 0.6 is 34.5 Å². The SMILES string of the molecule is Clc1ccc(C2CCC(NCCC3CCCCC3)c3ccsc32)c(Cl)c1. The quantitative estimate of drug-likeness (QED) is 0.538. The van der Waals surface area contributed by atoms with Crippen molar-refractivity contribution in [1.82, 2.24) is 5.32 Å². The van der Waals surface area contributed by atoms with Crippen LogP contribution in [0.1, 0.15) is 79.3 Å². The molecule has 0 spiro atoms. The number of rotatable bonds is 5. The maximum atomic E-state index is 6.51. The molecule has 0 aliphatic heterocycles. The predicted octanol–water partition coefficient (Wildman–Crippen LogP) is 7.58. The molecule has 2 aromatic rings. The summed E-state index contributed by atoms with van der Waals surface area (Å²) in [6.45, 7) is 1.15. The van der Waals surface area contributed by atoms with Crippen molar-refractivity contribution in [3.05, 3.63) is 55.7 Å². The van der Waals surface area contributed by atoms with Gasteiger partial charge in [0.1, 0.15) is 0 Å². The molecule has 2 unspecified atom stereocenters. The van der Waals surface area contributed by atoms with Crippen molar-refractivity contribution in [2.45, 2.75) is 63.3 Å². The minimum atomic E-state index is 0.408. The lowest BCUT2D eigenvalue weighted by Gasteiger charge is -2.31. The van der Waals surface area contributed by atoms with E-state index in [1.165, 1.54) is 60.9 Å². The van der Waals surface area contributed by atoms with E-state index in [-0.39, 0.29) is 0 Å². The molecule has 0 bridgehead atoms. The summed E-state index contributed by atoms with van der Waals surface area (Å²) >= 11 is 14.5. The highest BCUT2D eigenvalue weighted by Crippen LogP contribution is 2.46. The number of nitrogens with one attached hydrogen (secondary N) is 1. The summed E-state index contributed by atoms with van der Waals surface area (Å²) in [6, 6.07) is 8.76. The minimum absolute atomic E-state index is 0.408. The van der Waals surface area contributed by atoms with Crippen LogP contribution in [-0.4, -0.2) is 6.54 Å². The topological polar surface area (TPSA) is 12.0 Å². The predicted molar refractivity (Wildman–Crippen MR) is 114 cm³/mol. The summed E-state index contributed by atoms with van der Waals surface area (Å²) in [6.07, 6.45) is 10.9. The van der Waals surface area contributed by atoms with E-state index in [2.05, 4.69) is 22.8 Å². The van der Waals surface area contributed by atoms with Gasteiger partial charge in [0.25, 0.3) is 0 Å². The molecule has 26 heavy (non-hydrogen) atoms. The van der Waals surface area contributed by atoms with E-state index in [4.69, 9.17) is 23.2 Å². The van der Waals surface area contributed by atoms with E-state index >= 15 is 0 Å². The summed E-state index contributed by atoms with van der Waals surface area (Å²) in [7, 11) is 0. The van der Waals surface area contributed by atoms with Crippen LogP contribution in [0, 0.1) is 5.92 Å². The lowest BCUT2D eigenvalue weighted by molar-refractivity contribution is 0.323. The summed E-state index contributed by atoms with van der Waals surface area (Å²) in [5.41, 5.74) is 2.71. The Morgan fingerprint density at radius 3 is 2.62 bits per heavy atom. The third-order valence-corrected chi connectivity index (χ3v) is 7.78.